The smallest absolute Gasteiger partial charge is 0.379 e. The first-order valence-corrected chi connectivity index (χ1v) is 4.82. The topological polar surface area (TPSA) is 43.4 Å². The molecule has 0 heterocycles. The summed E-state index contributed by atoms with van der Waals surface area (Å²) in [6, 6.07) is 6.82. The molecule has 0 atom stereocenters. The average molecular weight is 206 g/mol. The van der Waals surface area contributed by atoms with Crippen molar-refractivity contribution in [3.05, 3.63) is 35.4 Å². The van der Waals surface area contributed by atoms with Gasteiger partial charge in [-0.3, -0.25) is 4.79 Å². The zero-order valence-electron chi connectivity index (χ0n) is 9.11. The number of hydrogen-bond donors (Lipinski definition) is 0. The van der Waals surface area contributed by atoms with E-state index in [9.17, 15) is 9.59 Å². The third kappa shape index (κ3) is 3.20. The Morgan fingerprint density at radius 3 is 2.13 bits per heavy atom. The van der Waals surface area contributed by atoms with Crippen molar-refractivity contribution in [3.8, 4) is 0 Å². The summed E-state index contributed by atoms with van der Waals surface area (Å²) in [6.45, 7) is 5.33. The minimum absolute atomic E-state index is 0.271. The molecule has 15 heavy (non-hydrogen) atoms. The van der Waals surface area contributed by atoms with E-state index in [1.54, 1.807) is 38.1 Å². The SMILES string of the molecule is Cc1ccc(C(=O)C(=O)OC(C)C)cc1. The van der Waals surface area contributed by atoms with Crippen LogP contribution in [0.25, 0.3) is 0 Å². The maximum Gasteiger partial charge on any atom is 0.379 e. The van der Waals surface area contributed by atoms with Gasteiger partial charge in [-0.1, -0.05) is 29.8 Å². The number of rotatable bonds is 3. The van der Waals surface area contributed by atoms with E-state index < -0.39 is 11.8 Å². The van der Waals surface area contributed by atoms with Gasteiger partial charge in [-0.25, -0.2) is 4.79 Å². The molecule has 0 N–H and O–H groups in total. The van der Waals surface area contributed by atoms with E-state index in [0.717, 1.165) is 5.56 Å². The van der Waals surface area contributed by atoms with Crippen molar-refractivity contribution in [2.45, 2.75) is 26.9 Å². The van der Waals surface area contributed by atoms with Gasteiger partial charge in [-0.15, -0.1) is 0 Å². The van der Waals surface area contributed by atoms with Crippen LogP contribution >= 0.6 is 0 Å². The molecule has 1 rings (SSSR count). The van der Waals surface area contributed by atoms with Crippen molar-refractivity contribution in [1.29, 1.82) is 0 Å². The van der Waals surface area contributed by atoms with E-state index in [2.05, 4.69) is 0 Å². The van der Waals surface area contributed by atoms with Crippen LogP contribution < -0.4 is 0 Å². The second kappa shape index (κ2) is 4.73. The summed E-state index contributed by atoms with van der Waals surface area (Å²) < 4.78 is 4.81. The number of carbonyl (C=O) groups excluding carboxylic acids is 2. The highest BCUT2D eigenvalue weighted by molar-refractivity contribution is 6.40. The fraction of sp³-hybridized carbons (Fsp3) is 0.333. The molecule has 1 aromatic rings. The minimum atomic E-state index is -0.797. The summed E-state index contributed by atoms with van der Waals surface area (Å²) in [5.41, 5.74) is 1.41. The van der Waals surface area contributed by atoms with Crippen LogP contribution in [0.3, 0.4) is 0 Å². The first-order chi connectivity index (χ1) is 7.00. The normalized spacial score (nSPS) is 10.1. The molecule has 3 nitrogen and oxygen atoms in total. The second-order valence-corrected chi connectivity index (χ2v) is 3.65. The number of aryl methyl sites for hydroxylation is 1. The predicted octanol–water partition coefficient (Wildman–Crippen LogP) is 2.13. The van der Waals surface area contributed by atoms with Gasteiger partial charge in [0, 0.05) is 5.56 Å². The highest BCUT2D eigenvalue weighted by Gasteiger charge is 2.18. The fourth-order valence-electron chi connectivity index (χ4n) is 1.09. The van der Waals surface area contributed by atoms with Crippen LogP contribution in [0.5, 0.6) is 0 Å². The lowest BCUT2D eigenvalue weighted by Crippen LogP contribution is -2.21. The van der Waals surface area contributed by atoms with Gasteiger partial charge in [0.2, 0.25) is 0 Å². The molecule has 80 valence electrons. The van der Waals surface area contributed by atoms with E-state index in [1.807, 2.05) is 6.92 Å². The van der Waals surface area contributed by atoms with Gasteiger partial charge in [0.25, 0.3) is 5.78 Å². The Labute approximate surface area is 89.1 Å². The Bertz CT molecular complexity index is 363. The van der Waals surface area contributed by atoms with Crippen molar-refractivity contribution in [1.82, 2.24) is 0 Å². The van der Waals surface area contributed by atoms with Gasteiger partial charge in [-0.05, 0) is 20.8 Å². The largest absolute Gasteiger partial charge is 0.457 e. The first-order valence-electron chi connectivity index (χ1n) is 4.82. The number of Topliss-reactive ketones (excluding diaryl/α,β-unsaturated/α-hetero) is 1. The van der Waals surface area contributed by atoms with Gasteiger partial charge >= 0.3 is 5.97 Å². The van der Waals surface area contributed by atoms with Crippen LogP contribution in [0.15, 0.2) is 24.3 Å². The van der Waals surface area contributed by atoms with Gasteiger partial charge in [-0.2, -0.15) is 0 Å². The van der Waals surface area contributed by atoms with Crippen LogP contribution in [-0.4, -0.2) is 17.9 Å². The van der Waals surface area contributed by atoms with Crippen molar-refractivity contribution in [2.75, 3.05) is 0 Å². The summed E-state index contributed by atoms with van der Waals surface area (Å²) in [6.07, 6.45) is -0.271. The molecular formula is C12H14O3. The molecule has 0 saturated carbocycles. The predicted molar refractivity (Wildman–Crippen MR) is 56.7 cm³/mol. The van der Waals surface area contributed by atoms with Crippen LogP contribution in [0.4, 0.5) is 0 Å². The van der Waals surface area contributed by atoms with Crippen LogP contribution in [0.1, 0.15) is 29.8 Å². The molecule has 0 bridgehead atoms. The molecule has 0 radical (unpaired) electrons. The van der Waals surface area contributed by atoms with E-state index in [4.69, 9.17) is 4.74 Å². The number of carbonyl (C=O) groups is 2. The molecule has 0 aliphatic rings. The lowest BCUT2D eigenvalue weighted by molar-refractivity contribution is -0.141. The number of ether oxygens (including phenoxy) is 1. The quantitative estimate of drug-likeness (QED) is 0.432. The minimum Gasteiger partial charge on any atom is -0.457 e. The highest BCUT2D eigenvalue weighted by atomic mass is 16.5. The maximum absolute atomic E-state index is 11.5. The lowest BCUT2D eigenvalue weighted by Gasteiger charge is -2.06. The van der Waals surface area contributed by atoms with E-state index >= 15 is 0 Å². The third-order valence-electron chi connectivity index (χ3n) is 1.84. The van der Waals surface area contributed by atoms with E-state index in [0.29, 0.717) is 5.56 Å². The summed E-state index contributed by atoms with van der Waals surface area (Å²) in [5, 5.41) is 0. The van der Waals surface area contributed by atoms with E-state index in [1.165, 1.54) is 0 Å². The van der Waals surface area contributed by atoms with Crippen molar-refractivity contribution in [3.63, 3.8) is 0 Å². The molecule has 0 amide bonds. The Kier molecular flexibility index (Phi) is 3.61. The van der Waals surface area contributed by atoms with Crippen molar-refractivity contribution >= 4 is 11.8 Å². The number of hydrogen-bond acceptors (Lipinski definition) is 3. The van der Waals surface area contributed by atoms with Gasteiger partial charge < -0.3 is 4.74 Å². The molecule has 0 aliphatic heterocycles. The third-order valence-corrected chi connectivity index (χ3v) is 1.84. The molecule has 0 saturated heterocycles. The van der Waals surface area contributed by atoms with Gasteiger partial charge in [0.1, 0.15) is 0 Å². The number of esters is 1. The summed E-state index contributed by atoms with van der Waals surface area (Å²) in [5.74, 6) is -1.39. The number of ketones is 1. The summed E-state index contributed by atoms with van der Waals surface area (Å²) in [7, 11) is 0. The average Bonchev–Trinajstić information content (AvgIpc) is 2.17. The maximum atomic E-state index is 11.5. The van der Waals surface area contributed by atoms with Crippen LogP contribution in [0.2, 0.25) is 0 Å². The Balaban J connectivity index is 2.76. The van der Waals surface area contributed by atoms with Gasteiger partial charge in [0.15, 0.2) is 0 Å². The van der Waals surface area contributed by atoms with Crippen LogP contribution in [-0.2, 0) is 9.53 Å². The summed E-state index contributed by atoms with van der Waals surface area (Å²) in [4.78, 5) is 22.8. The van der Waals surface area contributed by atoms with E-state index in [-0.39, 0.29) is 6.10 Å². The molecular weight excluding hydrogens is 192 g/mol. The molecule has 0 fully saturated rings. The van der Waals surface area contributed by atoms with Gasteiger partial charge in [0.05, 0.1) is 6.10 Å². The zero-order valence-corrected chi connectivity index (χ0v) is 9.11. The molecule has 0 aliphatic carbocycles. The lowest BCUT2D eigenvalue weighted by atomic mass is 10.1. The fourth-order valence-corrected chi connectivity index (χ4v) is 1.09. The Hall–Kier alpha value is -1.64. The highest BCUT2D eigenvalue weighted by Crippen LogP contribution is 2.05. The Morgan fingerprint density at radius 2 is 1.67 bits per heavy atom. The molecule has 0 unspecified atom stereocenters. The molecule has 3 heteroatoms. The molecule has 1 aromatic carbocycles. The zero-order chi connectivity index (χ0) is 11.4. The van der Waals surface area contributed by atoms with Crippen molar-refractivity contribution < 1.29 is 14.3 Å². The summed E-state index contributed by atoms with van der Waals surface area (Å²) >= 11 is 0. The standard InChI is InChI=1S/C12H14O3/c1-8(2)15-12(14)11(13)10-6-4-9(3)5-7-10/h4-8H,1-3H3. The molecule has 0 spiro atoms. The molecule has 0 aromatic heterocycles. The second-order valence-electron chi connectivity index (χ2n) is 3.65. The van der Waals surface area contributed by atoms with Crippen molar-refractivity contribution in [2.24, 2.45) is 0 Å². The monoisotopic (exact) mass is 206 g/mol. The number of benzene rings is 1. The first kappa shape index (κ1) is 11.4. The Morgan fingerprint density at radius 1 is 1.13 bits per heavy atom. The van der Waals surface area contributed by atoms with Crippen LogP contribution in [0, 0.1) is 6.92 Å².